The lowest BCUT2D eigenvalue weighted by atomic mass is 10.0. The number of imidazole rings is 1. The van der Waals surface area contributed by atoms with E-state index in [1.54, 1.807) is 12.1 Å². The lowest BCUT2D eigenvalue weighted by molar-refractivity contribution is 0.538. The number of rotatable bonds is 3. The highest BCUT2D eigenvalue weighted by molar-refractivity contribution is 5.76. The number of fused-ring (bicyclic) bond motifs is 1. The SMILES string of the molecule is CCCn1c(C2CCCC2N)nc2ccc(F)cc21. The lowest BCUT2D eigenvalue weighted by Crippen LogP contribution is -2.25. The zero-order valence-corrected chi connectivity index (χ0v) is 11.3. The second-order valence-corrected chi connectivity index (χ2v) is 5.46. The molecule has 1 aromatic carbocycles. The molecule has 3 nitrogen and oxygen atoms in total. The van der Waals surface area contributed by atoms with Crippen molar-refractivity contribution in [1.29, 1.82) is 0 Å². The van der Waals surface area contributed by atoms with Crippen LogP contribution >= 0.6 is 0 Å². The maximum Gasteiger partial charge on any atom is 0.125 e. The van der Waals surface area contributed by atoms with E-state index in [4.69, 9.17) is 10.7 Å². The molecule has 3 rings (SSSR count). The highest BCUT2D eigenvalue weighted by atomic mass is 19.1. The average molecular weight is 261 g/mol. The normalized spacial score (nSPS) is 23.3. The number of nitrogens with two attached hydrogens (primary N) is 1. The summed E-state index contributed by atoms with van der Waals surface area (Å²) in [6.45, 7) is 3.00. The summed E-state index contributed by atoms with van der Waals surface area (Å²) < 4.78 is 15.6. The molecular formula is C15H20FN3. The zero-order chi connectivity index (χ0) is 13.4. The van der Waals surface area contributed by atoms with Gasteiger partial charge in [-0.3, -0.25) is 0 Å². The molecule has 0 radical (unpaired) electrons. The molecule has 0 spiro atoms. The molecule has 2 unspecified atom stereocenters. The van der Waals surface area contributed by atoms with Gasteiger partial charge < -0.3 is 10.3 Å². The van der Waals surface area contributed by atoms with Crippen LogP contribution in [-0.2, 0) is 6.54 Å². The van der Waals surface area contributed by atoms with Crippen LogP contribution in [0.15, 0.2) is 18.2 Å². The molecule has 2 aromatic rings. The van der Waals surface area contributed by atoms with E-state index in [1.807, 2.05) is 0 Å². The Kier molecular flexibility index (Phi) is 3.27. The molecule has 4 heteroatoms. The Morgan fingerprint density at radius 1 is 1.42 bits per heavy atom. The Morgan fingerprint density at radius 3 is 2.95 bits per heavy atom. The van der Waals surface area contributed by atoms with Gasteiger partial charge in [-0.15, -0.1) is 0 Å². The van der Waals surface area contributed by atoms with Crippen molar-refractivity contribution >= 4 is 11.0 Å². The van der Waals surface area contributed by atoms with Crippen LogP contribution in [0.5, 0.6) is 0 Å². The minimum absolute atomic E-state index is 0.192. The quantitative estimate of drug-likeness (QED) is 0.922. The van der Waals surface area contributed by atoms with E-state index in [0.717, 1.165) is 49.1 Å². The van der Waals surface area contributed by atoms with E-state index in [2.05, 4.69) is 11.5 Å². The summed E-state index contributed by atoms with van der Waals surface area (Å²) >= 11 is 0. The van der Waals surface area contributed by atoms with Crippen molar-refractivity contribution < 1.29 is 4.39 Å². The summed E-state index contributed by atoms with van der Waals surface area (Å²) in [5.74, 6) is 1.17. The van der Waals surface area contributed by atoms with Crippen molar-refractivity contribution in [2.75, 3.05) is 0 Å². The zero-order valence-electron chi connectivity index (χ0n) is 11.3. The molecule has 0 amide bonds. The Balaban J connectivity index is 2.14. The van der Waals surface area contributed by atoms with Gasteiger partial charge in [0.05, 0.1) is 11.0 Å². The van der Waals surface area contributed by atoms with Crippen molar-refractivity contribution in [1.82, 2.24) is 9.55 Å². The van der Waals surface area contributed by atoms with E-state index in [1.165, 1.54) is 6.07 Å². The summed E-state index contributed by atoms with van der Waals surface area (Å²) in [6, 6.07) is 5.02. The van der Waals surface area contributed by atoms with Gasteiger partial charge in [-0.1, -0.05) is 13.3 Å². The fourth-order valence-corrected chi connectivity index (χ4v) is 3.17. The number of halogens is 1. The fraction of sp³-hybridized carbons (Fsp3) is 0.533. The highest BCUT2D eigenvalue weighted by Gasteiger charge is 2.30. The van der Waals surface area contributed by atoms with Gasteiger partial charge in [-0.2, -0.15) is 0 Å². The van der Waals surface area contributed by atoms with Crippen LogP contribution in [0, 0.1) is 5.82 Å². The van der Waals surface area contributed by atoms with Crippen LogP contribution < -0.4 is 5.73 Å². The van der Waals surface area contributed by atoms with Gasteiger partial charge in [0.15, 0.2) is 0 Å². The fourth-order valence-electron chi connectivity index (χ4n) is 3.17. The van der Waals surface area contributed by atoms with Crippen molar-refractivity contribution in [3.63, 3.8) is 0 Å². The topological polar surface area (TPSA) is 43.8 Å². The van der Waals surface area contributed by atoms with Crippen LogP contribution in [0.4, 0.5) is 4.39 Å². The first-order valence-electron chi connectivity index (χ1n) is 7.12. The molecule has 1 aromatic heterocycles. The van der Waals surface area contributed by atoms with Gasteiger partial charge in [0.25, 0.3) is 0 Å². The molecule has 1 aliphatic carbocycles. The van der Waals surface area contributed by atoms with Crippen LogP contribution in [-0.4, -0.2) is 15.6 Å². The molecular weight excluding hydrogens is 241 g/mol. The van der Waals surface area contributed by atoms with Crippen LogP contribution in [0.1, 0.15) is 44.3 Å². The van der Waals surface area contributed by atoms with Crippen molar-refractivity contribution in [2.24, 2.45) is 5.73 Å². The van der Waals surface area contributed by atoms with Gasteiger partial charge in [0.2, 0.25) is 0 Å². The third-order valence-corrected chi connectivity index (χ3v) is 4.09. The van der Waals surface area contributed by atoms with E-state index in [-0.39, 0.29) is 11.9 Å². The number of benzene rings is 1. The minimum atomic E-state index is -0.202. The molecule has 1 saturated carbocycles. The summed E-state index contributed by atoms with van der Waals surface area (Å²) in [7, 11) is 0. The third kappa shape index (κ3) is 2.14. The van der Waals surface area contributed by atoms with Crippen LogP contribution in [0.25, 0.3) is 11.0 Å². The molecule has 2 atom stereocenters. The standard InChI is InChI=1S/C15H20FN3/c1-2-8-19-14-9-10(16)6-7-13(14)18-15(19)11-4-3-5-12(11)17/h6-7,9,11-12H,2-5,8,17H2,1H3. The monoisotopic (exact) mass is 261 g/mol. The number of aryl methyl sites for hydroxylation is 1. The summed E-state index contributed by atoms with van der Waals surface area (Å²) in [5, 5.41) is 0. The van der Waals surface area contributed by atoms with Crippen LogP contribution in [0.3, 0.4) is 0 Å². The molecule has 0 aliphatic heterocycles. The third-order valence-electron chi connectivity index (χ3n) is 4.09. The van der Waals surface area contributed by atoms with Gasteiger partial charge >= 0.3 is 0 Å². The van der Waals surface area contributed by atoms with Gasteiger partial charge in [0.1, 0.15) is 11.6 Å². The first-order chi connectivity index (χ1) is 9.20. The van der Waals surface area contributed by atoms with Crippen LogP contribution in [0.2, 0.25) is 0 Å². The molecule has 0 bridgehead atoms. The maximum absolute atomic E-state index is 13.5. The maximum atomic E-state index is 13.5. The van der Waals surface area contributed by atoms with Crippen molar-refractivity contribution in [2.45, 2.75) is 51.1 Å². The second kappa shape index (κ2) is 4.93. The molecule has 1 heterocycles. The molecule has 102 valence electrons. The molecule has 0 saturated heterocycles. The van der Waals surface area contributed by atoms with E-state index < -0.39 is 0 Å². The first kappa shape index (κ1) is 12.6. The Hall–Kier alpha value is -1.42. The van der Waals surface area contributed by atoms with E-state index in [9.17, 15) is 4.39 Å². The number of aromatic nitrogens is 2. The van der Waals surface area contributed by atoms with Gasteiger partial charge in [0, 0.05) is 18.5 Å². The molecule has 1 fully saturated rings. The predicted octanol–water partition coefficient (Wildman–Crippen LogP) is 3.18. The molecule has 1 aliphatic rings. The van der Waals surface area contributed by atoms with Crippen molar-refractivity contribution in [3.05, 3.63) is 29.8 Å². The second-order valence-electron chi connectivity index (χ2n) is 5.46. The molecule has 19 heavy (non-hydrogen) atoms. The van der Waals surface area contributed by atoms with E-state index >= 15 is 0 Å². The minimum Gasteiger partial charge on any atom is -0.328 e. The summed E-state index contributed by atoms with van der Waals surface area (Å²) in [5.41, 5.74) is 7.98. The highest BCUT2D eigenvalue weighted by Crippen LogP contribution is 2.34. The number of nitrogens with zero attached hydrogens (tertiary/aromatic N) is 2. The Labute approximate surface area is 112 Å². The smallest absolute Gasteiger partial charge is 0.125 e. The number of hydrogen-bond donors (Lipinski definition) is 1. The molecule has 2 N–H and O–H groups in total. The largest absolute Gasteiger partial charge is 0.328 e. The average Bonchev–Trinajstić information content (AvgIpc) is 2.94. The number of hydrogen-bond acceptors (Lipinski definition) is 2. The first-order valence-corrected chi connectivity index (χ1v) is 7.12. The van der Waals surface area contributed by atoms with Crippen molar-refractivity contribution in [3.8, 4) is 0 Å². The Morgan fingerprint density at radius 2 is 2.26 bits per heavy atom. The lowest BCUT2D eigenvalue weighted by Gasteiger charge is -2.17. The summed E-state index contributed by atoms with van der Waals surface area (Å²) in [4.78, 5) is 4.72. The van der Waals surface area contributed by atoms with Gasteiger partial charge in [-0.25, -0.2) is 9.37 Å². The summed E-state index contributed by atoms with van der Waals surface area (Å²) in [6.07, 6.45) is 4.33. The Bertz CT molecular complexity index is 590. The van der Waals surface area contributed by atoms with Gasteiger partial charge in [-0.05, 0) is 37.5 Å². The van der Waals surface area contributed by atoms with E-state index in [0.29, 0.717) is 5.92 Å². The predicted molar refractivity (Wildman–Crippen MR) is 74.5 cm³/mol.